The summed E-state index contributed by atoms with van der Waals surface area (Å²) in [4.78, 5) is 0. The Hall–Kier alpha value is -3.15. The lowest BCUT2D eigenvalue weighted by atomic mass is 9.93. The third kappa shape index (κ3) is 2.87. The van der Waals surface area contributed by atoms with Gasteiger partial charge in [-0.1, -0.05) is 12.1 Å². The highest BCUT2D eigenvalue weighted by molar-refractivity contribution is 5.84. The number of phenolic OH excluding ortho intramolecular Hbond substituents is 3. The molecular weight excluding hydrogens is 333 g/mol. The summed E-state index contributed by atoms with van der Waals surface area (Å²) < 4.78 is 41.6. The van der Waals surface area contributed by atoms with E-state index in [-0.39, 0.29) is 33.6 Å². The summed E-state index contributed by atoms with van der Waals surface area (Å²) in [5.41, 5.74) is 0.399. The van der Waals surface area contributed by atoms with Gasteiger partial charge in [0.1, 0.15) is 11.6 Å². The standard InChI is InChI=1S/C19H13F3O3/c1-9-13(20)8-12(10-2-4-16(23)14(21)6-10)19(25)18(9)11-3-5-17(24)15(22)7-11/h2-8,23-25H,1H3. The molecule has 0 spiro atoms. The SMILES string of the molecule is Cc1c(F)cc(-c2ccc(O)c(F)c2)c(O)c1-c1ccc(O)c(F)c1. The van der Waals surface area contributed by atoms with Crippen molar-refractivity contribution in [2.75, 3.05) is 0 Å². The highest BCUT2D eigenvalue weighted by atomic mass is 19.1. The molecule has 0 fully saturated rings. The number of benzene rings is 3. The summed E-state index contributed by atoms with van der Waals surface area (Å²) in [5.74, 6) is -4.03. The van der Waals surface area contributed by atoms with Crippen LogP contribution in [-0.4, -0.2) is 15.3 Å². The van der Waals surface area contributed by atoms with Crippen LogP contribution in [-0.2, 0) is 0 Å². The lowest BCUT2D eigenvalue weighted by Gasteiger charge is -2.15. The molecule has 0 unspecified atom stereocenters. The molecule has 0 amide bonds. The van der Waals surface area contributed by atoms with Crippen molar-refractivity contribution in [2.45, 2.75) is 6.92 Å². The lowest BCUT2D eigenvalue weighted by molar-refractivity contribution is 0.432. The molecule has 0 aromatic heterocycles. The zero-order valence-electron chi connectivity index (χ0n) is 13.0. The average Bonchev–Trinajstić information content (AvgIpc) is 2.57. The summed E-state index contributed by atoms with van der Waals surface area (Å²) in [6.07, 6.45) is 0. The van der Waals surface area contributed by atoms with Crippen LogP contribution in [0.25, 0.3) is 22.3 Å². The maximum absolute atomic E-state index is 14.4. The van der Waals surface area contributed by atoms with Crippen LogP contribution in [0.4, 0.5) is 13.2 Å². The van der Waals surface area contributed by atoms with Gasteiger partial charge in [0, 0.05) is 11.1 Å². The number of halogens is 3. The van der Waals surface area contributed by atoms with Gasteiger partial charge in [0.25, 0.3) is 0 Å². The Morgan fingerprint density at radius 2 is 1.20 bits per heavy atom. The number of aromatic hydroxyl groups is 3. The van der Waals surface area contributed by atoms with Crippen molar-refractivity contribution in [3.63, 3.8) is 0 Å². The van der Waals surface area contributed by atoms with E-state index < -0.39 is 29.0 Å². The Labute approximate surface area is 141 Å². The number of rotatable bonds is 2. The highest BCUT2D eigenvalue weighted by Gasteiger charge is 2.19. The molecular formula is C19H13F3O3. The first-order valence-electron chi connectivity index (χ1n) is 7.29. The minimum absolute atomic E-state index is 0.00881. The van der Waals surface area contributed by atoms with E-state index in [1.54, 1.807) is 0 Å². The van der Waals surface area contributed by atoms with E-state index in [1.165, 1.54) is 19.1 Å². The summed E-state index contributed by atoms with van der Waals surface area (Å²) in [6, 6.07) is 7.80. The Bertz CT molecular complexity index is 984. The van der Waals surface area contributed by atoms with E-state index in [9.17, 15) is 28.5 Å². The molecule has 0 radical (unpaired) electrons. The molecule has 0 bridgehead atoms. The van der Waals surface area contributed by atoms with Gasteiger partial charge >= 0.3 is 0 Å². The summed E-state index contributed by atoms with van der Waals surface area (Å²) >= 11 is 0. The second-order valence-corrected chi connectivity index (χ2v) is 5.59. The van der Waals surface area contributed by atoms with Crippen molar-refractivity contribution in [1.29, 1.82) is 0 Å². The lowest BCUT2D eigenvalue weighted by Crippen LogP contribution is -1.94. The number of hydrogen-bond acceptors (Lipinski definition) is 3. The molecule has 0 aliphatic rings. The Kier molecular flexibility index (Phi) is 4.04. The summed E-state index contributed by atoms with van der Waals surface area (Å²) in [6.45, 7) is 1.41. The summed E-state index contributed by atoms with van der Waals surface area (Å²) in [7, 11) is 0. The minimum Gasteiger partial charge on any atom is -0.507 e. The first-order valence-corrected chi connectivity index (χ1v) is 7.29. The molecule has 3 aromatic rings. The van der Waals surface area contributed by atoms with Crippen LogP contribution < -0.4 is 0 Å². The fraction of sp³-hybridized carbons (Fsp3) is 0.0526. The molecule has 3 N–H and O–H groups in total. The molecule has 3 aromatic carbocycles. The van der Waals surface area contributed by atoms with Gasteiger partial charge in [-0.25, -0.2) is 13.2 Å². The van der Waals surface area contributed by atoms with Crippen LogP contribution >= 0.6 is 0 Å². The predicted octanol–water partition coefficient (Wildman–Crippen LogP) is 4.86. The molecule has 3 nitrogen and oxygen atoms in total. The second-order valence-electron chi connectivity index (χ2n) is 5.59. The molecule has 25 heavy (non-hydrogen) atoms. The zero-order valence-corrected chi connectivity index (χ0v) is 13.0. The van der Waals surface area contributed by atoms with E-state index in [4.69, 9.17) is 0 Å². The zero-order chi connectivity index (χ0) is 18.3. The van der Waals surface area contributed by atoms with Gasteiger partial charge in [-0.05, 0) is 53.9 Å². The van der Waals surface area contributed by atoms with Gasteiger partial charge < -0.3 is 15.3 Å². The largest absolute Gasteiger partial charge is 0.507 e. The van der Waals surface area contributed by atoms with Gasteiger partial charge in [0.2, 0.25) is 0 Å². The fourth-order valence-corrected chi connectivity index (χ4v) is 2.65. The van der Waals surface area contributed by atoms with E-state index in [0.717, 1.165) is 30.3 Å². The van der Waals surface area contributed by atoms with Gasteiger partial charge in [-0.15, -0.1) is 0 Å². The van der Waals surface area contributed by atoms with Crippen molar-refractivity contribution >= 4 is 0 Å². The molecule has 128 valence electrons. The maximum Gasteiger partial charge on any atom is 0.165 e. The van der Waals surface area contributed by atoms with Gasteiger partial charge in [-0.2, -0.15) is 0 Å². The number of hydrogen-bond donors (Lipinski definition) is 3. The van der Waals surface area contributed by atoms with Gasteiger partial charge in [0.05, 0.1) is 0 Å². The molecule has 6 heteroatoms. The predicted molar refractivity (Wildman–Crippen MR) is 86.9 cm³/mol. The fourth-order valence-electron chi connectivity index (χ4n) is 2.65. The Morgan fingerprint density at radius 3 is 1.76 bits per heavy atom. The molecule has 0 heterocycles. The van der Waals surface area contributed by atoms with Crippen LogP contribution in [0.3, 0.4) is 0 Å². The minimum atomic E-state index is -0.921. The van der Waals surface area contributed by atoms with Crippen LogP contribution in [0, 0.1) is 24.4 Å². The van der Waals surface area contributed by atoms with Gasteiger partial charge in [-0.3, -0.25) is 0 Å². The Morgan fingerprint density at radius 1 is 0.680 bits per heavy atom. The first-order chi connectivity index (χ1) is 11.8. The summed E-state index contributed by atoms with van der Waals surface area (Å²) in [5, 5.41) is 29.2. The van der Waals surface area contributed by atoms with Crippen molar-refractivity contribution in [3.05, 3.63) is 65.5 Å². The van der Waals surface area contributed by atoms with Crippen LogP contribution in [0.5, 0.6) is 17.2 Å². The third-order valence-corrected chi connectivity index (χ3v) is 3.99. The molecule has 0 saturated carbocycles. The molecule has 0 atom stereocenters. The highest BCUT2D eigenvalue weighted by Crippen LogP contribution is 2.42. The van der Waals surface area contributed by atoms with Gasteiger partial charge in [0.15, 0.2) is 23.1 Å². The van der Waals surface area contributed by atoms with E-state index >= 15 is 0 Å². The maximum atomic E-state index is 14.4. The first kappa shape index (κ1) is 16.7. The number of phenols is 3. The van der Waals surface area contributed by atoms with E-state index in [1.807, 2.05) is 0 Å². The average molecular weight is 346 g/mol. The van der Waals surface area contributed by atoms with E-state index in [0.29, 0.717) is 0 Å². The quantitative estimate of drug-likeness (QED) is 0.621. The third-order valence-electron chi connectivity index (χ3n) is 3.99. The van der Waals surface area contributed by atoms with Crippen molar-refractivity contribution in [2.24, 2.45) is 0 Å². The molecule has 0 aliphatic heterocycles. The van der Waals surface area contributed by atoms with Crippen LogP contribution in [0.15, 0.2) is 42.5 Å². The van der Waals surface area contributed by atoms with Crippen LogP contribution in [0.2, 0.25) is 0 Å². The topological polar surface area (TPSA) is 60.7 Å². The molecule has 0 aliphatic carbocycles. The van der Waals surface area contributed by atoms with E-state index in [2.05, 4.69) is 0 Å². The normalized spacial score (nSPS) is 10.9. The van der Waals surface area contributed by atoms with Crippen LogP contribution in [0.1, 0.15) is 5.56 Å². The monoisotopic (exact) mass is 346 g/mol. The second kappa shape index (κ2) is 6.05. The molecule has 3 rings (SSSR count). The smallest absolute Gasteiger partial charge is 0.165 e. The van der Waals surface area contributed by atoms with Crippen molar-refractivity contribution < 1.29 is 28.5 Å². The van der Waals surface area contributed by atoms with Crippen molar-refractivity contribution in [3.8, 4) is 39.5 Å². The van der Waals surface area contributed by atoms with Crippen molar-refractivity contribution in [1.82, 2.24) is 0 Å². The Balaban J connectivity index is 2.27. The molecule has 0 saturated heterocycles.